The number of nitrogens with zero attached hydrogens (tertiary/aromatic N) is 2. The molecule has 0 atom stereocenters. The monoisotopic (exact) mass is 293 g/mol. The molecule has 7 heteroatoms. The lowest BCUT2D eigenvalue weighted by molar-refractivity contribution is -0.274. The van der Waals surface area contributed by atoms with Gasteiger partial charge in [0.1, 0.15) is 5.75 Å². The second-order valence-electron chi connectivity index (χ2n) is 3.98. The van der Waals surface area contributed by atoms with Crippen LogP contribution in [-0.4, -0.2) is 22.5 Å². The van der Waals surface area contributed by atoms with Gasteiger partial charge in [0.05, 0.1) is 24.1 Å². The van der Waals surface area contributed by atoms with E-state index in [1.165, 1.54) is 18.2 Å². The molecular formula is C14H10F3N3O. The molecule has 0 spiro atoms. The molecular weight excluding hydrogens is 283 g/mol. The largest absolute Gasteiger partial charge is 0.573 e. The normalized spacial score (nSPS) is 10.9. The van der Waals surface area contributed by atoms with Gasteiger partial charge in [-0.15, -0.1) is 26.0 Å². The average Bonchev–Trinajstić information content (AvgIpc) is 2.72. The van der Waals surface area contributed by atoms with Crippen molar-refractivity contribution >= 4 is 17.0 Å². The van der Waals surface area contributed by atoms with E-state index in [1.807, 2.05) is 0 Å². The van der Waals surface area contributed by atoms with Gasteiger partial charge in [0.25, 0.3) is 0 Å². The molecule has 0 unspecified atom stereocenters. The Labute approximate surface area is 118 Å². The number of alkyl halides is 3. The Bertz CT molecular complexity index is 735. The molecule has 0 aliphatic rings. The van der Waals surface area contributed by atoms with Gasteiger partial charge in [0.2, 0.25) is 5.95 Å². The maximum Gasteiger partial charge on any atom is 0.573 e. The summed E-state index contributed by atoms with van der Waals surface area (Å²) >= 11 is 0. The Morgan fingerprint density at radius 3 is 2.67 bits per heavy atom. The van der Waals surface area contributed by atoms with Gasteiger partial charge >= 0.3 is 6.36 Å². The molecule has 108 valence electrons. The molecule has 0 fully saturated rings. The van der Waals surface area contributed by atoms with Crippen LogP contribution in [0.4, 0.5) is 19.1 Å². The third-order valence-electron chi connectivity index (χ3n) is 2.55. The molecule has 1 heterocycles. The molecule has 1 N–H and O–H groups in total. The van der Waals surface area contributed by atoms with Crippen molar-refractivity contribution in [3.05, 3.63) is 18.2 Å². The number of rotatable bonds is 4. The molecule has 4 nitrogen and oxygen atoms in total. The molecule has 2 rings (SSSR count). The molecule has 0 aliphatic carbocycles. The summed E-state index contributed by atoms with van der Waals surface area (Å²) in [5, 5.41) is 2.86. The zero-order valence-electron chi connectivity index (χ0n) is 10.7. The third-order valence-corrected chi connectivity index (χ3v) is 2.55. The predicted molar refractivity (Wildman–Crippen MR) is 72.6 cm³/mol. The molecule has 1 aromatic heterocycles. The van der Waals surface area contributed by atoms with Gasteiger partial charge in [-0.1, -0.05) is 11.8 Å². The Morgan fingerprint density at radius 1 is 1.29 bits per heavy atom. The number of halogens is 3. The van der Waals surface area contributed by atoms with Crippen LogP contribution >= 0.6 is 0 Å². The number of fused-ring (bicyclic) bond motifs is 1. The Hall–Kier alpha value is -2.80. The predicted octanol–water partition coefficient (Wildman–Crippen LogP) is 2.61. The van der Waals surface area contributed by atoms with E-state index in [1.54, 1.807) is 4.57 Å². The van der Waals surface area contributed by atoms with E-state index in [9.17, 15) is 13.2 Å². The van der Waals surface area contributed by atoms with E-state index < -0.39 is 6.36 Å². The Kier molecular flexibility index (Phi) is 3.95. The number of benzene rings is 1. The van der Waals surface area contributed by atoms with Gasteiger partial charge < -0.3 is 10.1 Å². The van der Waals surface area contributed by atoms with E-state index >= 15 is 0 Å². The van der Waals surface area contributed by atoms with Gasteiger partial charge in [-0.05, 0) is 12.1 Å². The second-order valence-corrected chi connectivity index (χ2v) is 3.98. The smallest absolute Gasteiger partial charge is 0.406 e. The van der Waals surface area contributed by atoms with Crippen molar-refractivity contribution in [2.75, 3.05) is 11.9 Å². The van der Waals surface area contributed by atoms with Gasteiger partial charge in [-0.2, -0.15) is 0 Å². The summed E-state index contributed by atoms with van der Waals surface area (Å²) in [6.07, 6.45) is 5.68. The molecule has 1 aromatic carbocycles. The number of terminal acetylenes is 2. The number of nitrogens with one attached hydrogen (secondary N) is 1. The zero-order chi connectivity index (χ0) is 15.5. The zero-order valence-corrected chi connectivity index (χ0v) is 10.7. The quantitative estimate of drug-likeness (QED) is 0.881. The summed E-state index contributed by atoms with van der Waals surface area (Å²) in [4.78, 5) is 4.17. The Morgan fingerprint density at radius 2 is 2.05 bits per heavy atom. The second kappa shape index (κ2) is 5.68. The van der Waals surface area contributed by atoms with Crippen LogP contribution in [-0.2, 0) is 6.54 Å². The maximum absolute atomic E-state index is 12.2. The highest BCUT2D eigenvalue weighted by Crippen LogP contribution is 2.28. The van der Waals surface area contributed by atoms with Crippen LogP contribution in [0.2, 0.25) is 0 Å². The summed E-state index contributed by atoms with van der Waals surface area (Å²) in [6, 6.07) is 3.86. The van der Waals surface area contributed by atoms with Crippen molar-refractivity contribution < 1.29 is 17.9 Å². The van der Waals surface area contributed by atoms with Crippen LogP contribution in [0.1, 0.15) is 0 Å². The summed E-state index contributed by atoms with van der Waals surface area (Å²) in [5.41, 5.74) is 0.911. The topological polar surface area (TPSA) is 39.1 Å². The van der Waals surface area contributed by atoms with Crippen LogP contribution in [0.5, 0.6) is 5.75 Å². The summed E-state index contributed by atoms with van der Waals surface area (Å²) in [5.74, 6) is 4.88. The molecule has 0 aliphatic heterocycles. The molecule has 21 heavy (non-hydrogen) atoms. The van der Waals surface area contributed by atoms with Crippen LogP contribution < -0.4 is 10.1 Å². The first-order chi connectivity index (χ1) is 9.94. The molecule has 0 amide bonds. The molecule has 0 saturated heterocycles. The lowest BCUT2D eigenvalue weighted by atomic mass is 10.3. The van der Waals surface area contributed by atoms with Crippen molar-refractivity contribution in [2.45, 2.75) is 12.9 Å². The highest BCUT2D eigenvalue weighted by molar-refractivity contribution is 5.80. The van der Waals surface area contributed by atoms with E-state index in [0.29, 0.717) is 17.0 Å². The lowest BCUT2D eigenvalue weighted by Gasteiger charge is -2.08. The van der Waals surface area contributed by atoms with E-state index in [4.69, 9.17) is 12.8 Å². The standard InChI is InChI=1S/C14H10F3N3O/c1-3-7-18-13-19-11-9-10(21-14(15,16)17)5-6-12(11)20(13)8-4-2/h1-2,5-6,9H,7-8H2,(H,18,19). The molecule has 2 aromatic rings. The van der Waals surface area contributed by atoms with Gasteiger partial charge in [0, 0.05) is 6.07 Å². The van der Waals surface area contributed by atoms with Crippen LogP contribution in [0.15, 0.2) is 18.2 Å². The fraction of sp³-hybridized carbons (Fsp3) is 0.214. The van der Waals surface area contributed by atoms with Crippen LogP contribution in [0.25, 0.3) is 11.0 Å². The van der Waals surface area contributed by atoms with Crippen LogP contribution in [0.3, 0.4) is 0 Å². The highest BCUT2D eigenvalue weighted by Gasteiger charge is 2.31. The first-order valence-corrected chi connectivity index (χ1v) is 5.81. The molecule has 0 radical (unpaired) electrons. The van der Waals surface area contributed by atoms with Crippen molar-refractivity contribution in [1.82, 2.24) is 9.55 Å². The summed E-state index contributed by atoms with van der Waals surface area (Å²) in [7, 11) is 0. The average molecular weight is 293 g/mol. The lowest BCUT2D eigenvalue weighted by Crippen LogP contribution is -2.17. The van der Waals surface area contributed by atoms with Gasteiger partial charge in [0.15, 0.2) is 0 Å². The van der Waals surface area contributed by atoms with E-state index in [2.05, 4.69) is 26.9 Å². The maximum atomic E-state index is 12.2. The van der Waals surface area contributed by atoms with E-state index in [0.717, 1.165) is 0 Å². The van der Waals surface area contributed by atoms with Crippen molar-refractivity contribution in [3.63, 3.8) is 0 Å². The van der Waals surface area contributed by atoms with E-state index in [-0.39, 0.29) is 18.8 Å². The third kappa shape index (κ3) is 3.40. The van der Waals surface area contributed by atoms with Crippen molar-refractivity contribution in [3.8, 4) is 30.4 Å². The highest BCUT2D eigenvalue weighted by atomic mass is 19.4. The number of ether oxygens (including phenoxy) is 1. The van der Waals surface area contributed by atoms with Crippen LogP contribution in [0, 0.1) is 24.7 Å². The summed E-state index contributed by atoms with van der Waals surface area (Å²) < 4.78 is 42.1. The Balaban J connectivity index is 2.44. The minimum atomic E-state index is -4.75. The van der Waals surface area contributed by atoms with Gasteiger partial charge in [-0.25, -0.2) is 4.98 Å². The molecule has 0 saturated carbocycles. The molecule has 0 bridgehead atoms. The SMILES string of the molecule is C#CCNc1nc2cc(OC(F)(F)F)ccc2n1CC#C. The number of anilines is 1. The number of imidazole rings is 1. The number of hydrogen-bond acceptors (Lipinski definition) is 3. The number of aromatic nitrogens is 2. The fourth-order valence-electron chi connectivity index (χ4n) is 1.82. The fourth-order valence-corrected chi connectivity index (χ4v) is 1.82. The first kappa shape index (κ1) is 14.6. The minimum absolute atomic E-state index is 0.211. The van der Waals surface area contributed by atoms with Crippen molar-refractivity contribution in [2.24, 2.45) is 0 Å². The minimum Gasteiger partial charge on any atom is -0.406 e. The first-order valence-electron chi connectivity index (χ1n) is 5.81. The summed E-state index contributed by atoms with van der Waals surface area (Å²) in [6.45, 7) is 0.433. The van der Waals surface area contributed by atoms with Crippen molar-refractivity contribution in [1.29, 1.82) is 0 Å². The van der Waals surface area contributed by atoms with Gasteiger partial charge in [-0.3, -0.25) is 4.57 Å². The number of hydrogen-bond donors (Lipinski definition) is 1.